The number of nitrogens with one attached hydrogen (secondary N) is 1. The van der Waals surface area contributed by atoms with Gasteiger partial charge in [0.05, 0.1) is 11.5 Å². The summed E-state index contributed by atoms with van der Waals surface area (Å²) in [5.74, 6) is 0.598. The Labute approximate surface area is 134 Å². The van der Waals surface area contributed by atoms with Crippen LogP contribution in [-0.4, -0.2) is 36.0 Å². The van der Waals surface area contributed by atoms with Gasteiger partial charge in [-0.3, -0.25) is 4.79 Å². The van der Waals surface area contributed by atoms with E-state index in [-0.39, 0.29) is 29.8 Å². The van der Waals surface area contributed by atoms with Crippen LogP contribution in [0, 0.1) is 5.92 Å². The fraction of sp³-hybridized carbons (Fsp3) is 0.786. The molecule has 1 N–H and O–H groups in total. The Hall–Kier alpha value is -1.02. The molecule has 1 aliphatic heterocycles. The lowest BCUT2D eigenvalue weighted by Gasteiger charge is -2.18. The van der Waals surface area contributed by atoms with Gasteiger partial charge in [-0.25, -0.2) is 8.42 Å². The third-order valence-electron chi connectivity index (χ3n) is 4.44. The fourth-order valence-corrected chi connectivity index (χ4v) is 6.06. The molecule has 8 heteroatoms. The van der Waals surface area contributed by atoms with Crippen molar-refractivity contribution in [3.8, 4) is 0 Å². The smallest absolute Gasteiger partial charge is 0.226 e. The number of rotatable bonds is 4. The van der Waals surface area contributed by atoms with Crippen LogP contribution >= 0.6 is 11.3 Å². The lowest BCUT2D eigenvalue weighted by atomic mass is 9.90. The Morgan fingerprint density at radius 2 is 1.95 bits per heavy atom. The van der Waals surface area contributed by atoms with Gasteiger partial charge in [-0.2, -0.15) is 0 Å². The molecule has 0 radical (unpaired) electrons. The zero-order valence-corrected chi connectivity index (χ0v) is 14.1. The van der Waals surface area contributed by atoms with Gasteiger partial charge in [0.1, 0.15) is 5.01 Å². The number of nitrogens with zero attached hydrogens (tertiary/aromatic N) is 2. The average molecular weight is 343 g/mol. The van der Waals surface area contributed by atoms with Crippen molar-refractivity contribution >= 4 is 32.2 Å². The molecule has 2 heterocycles. The van der Waals surface area contributed by atoms with Crippen molar-refractivity contribution in [1.82, 2.24) is 10.2 Å². The second kappa shape index (κ2) is 6.62. The highest BCUT2D eigenvalue weighted by Crippen LogP contribution is 2.35. The Morgan fingerprint density at radius 1 is 1.18 bits per heavy atom. The summed E-state index contributed by atoms with van der Waals surface area (Å²) in [6.07, 6.45) is 6.91. The molecule has 2 aliphatic rings. The van der Waals surface area contributed by atoms with Gasteiger partial charge < -0.3 is 5.32 Å². The summed E-state index contributed by atoms with van der Waals surface area (Å²) in [5, 5.41) is 12.6. The molecule has 2 fully saturated rings. The van der Waals surface area contributed by atoms with Crippen molar-refractivity contribution in [2.45, 2.75) is 50.9 Å². The molecular formula is C14H21N3O3S2. The molecule has 22 heavy (non-hydrogen) atoms. The molecule has 1 aliphatic carbocycles. The first-order valence-corrected chi connectivity index (χ1v) is 10.5. The molecule has 122 valence electrons. The Kier molecular flexibility index (Phi) is 4.77. The van der Waals surface area contributed by atoms with Gasteiger partial charge in [0.2, 0.25) is 11.0 Å². The molecule has 0 bridgehead atoms. The Balaban J connectivity index is 1.52. The van der Waals surface area contributed by atoms with Crippen LogP contribution < -0.4 is 5.32 Å². The normalized spacial score (nSPS) is 25.2. The number of carbonyl (C=O) groups excluding carboxylic acids is 1. The topological polar surface area (TPSA) is 89.0 Å². The van der Waals surface area contributed by atoms with Crippen molar-refractivity contribution in [1.29, 1.82) is 0 Å². The number of carbonyl (C=O) groups is 1. The minimum Gasteiger partial charge on any atom is -0.301 e. The summed E-state index contributed by atoms with van der Waals surface area (Å²) in [4.78, 5) is 12.0. The highest BCUT2D eigenvalue weighted by molar-refractivity contribution is 7.91. The van der Waals surface area contributed by atoms with Crippen LogP contribution in [0.2, 0.25) is 0 Å². The predicted molar refractivity (Wildman–Crippen MR) is 85.7 cm³/mol. The van der Waals surface area contributed by atoms with E-state index in [0.29, 0.717) is 17.5 Å². The highest BCUT2D eigenvalue weighted by Gasteiger charge is 2.29. The molecule has 3 rings (SSSR count). The number of amides is 1. The first kappa shape index (κ1) is 15.9. The summed E-state index contributed by atoms with van der Waals surface area (Å²) in [6.45, 7) is 0. The largest absolute Gasteiger partial charge is 0.301 e. The van der Waals surface area contributed by atoms with Crippen LogP contribution in [0.15, 0.2) is 0 Å². The zero-order valence-electron chi connectivity index (χ0n) is 12.5. The van der Waals surface area contributed by atoms with Crippen molar-refractivity contribution < 1.29 is 13.2 Å². The van der Waals surface area contributed by atoms with Crippen LogP contribution in [0.4, 0.5) is 5.13 Å². The van der Waals surface area contributed by atoms with Gasteiger partial charge in [-0.15, -0.1) is 10.2 Å². The molecule has 1 aromatic rings. The number of sulfone groups is 1. The van der Waals surface area contributed by atoms with E-state index in [2.05, 4.69) is 15.5 Å². The third-order valence-corrected chi connectivity index (χ3v) is 7.28. The van der Waals surface area contributed by atoms with Crippen LogP contribution in [0.25, 0.3) is 0 Å². The molecule has 1 saturated carbocycles. The van der Waals surface area contributed by atoms with E-state index in [1.807, 2.05) is 0 Å². The van der Waals surface area contributed by atoms with Gasteiger partial charge in [0, 0.05) is 12.3 Å². The second-order valence-corrected chi connectivity index (χ2v) is 9.54. The SMILES string of the molecule is O=C(C[C@@H]1CCS(=O)(=O)C1)Nc1nnc(C2CCCCC2)s1. The van der Waals surface area contributed by atoms with Crippen LogP contribution in [-0.2, 0) is 14.6 Å². The van der Waals surface area contributed by atoms with Gasteiger partial charge in [0.15, 0.2) is 9.84 Å². The summed E-state index contributed by atoms with van der Waals surface area (Å²) in [6, 6.07) is 0. The monoisotopic (exact) mass is 343 g/mol. The van der Waals surface area contributed by atoms with E-state index in [4.69, 9.17) is 0 Å². The first-order chi connectivity index (χ1) is 10.5. The van der Waals surface area contributed by atoms with Crippen molar-refractivity contribution in [3.63, 3.8) is 0 Å². The summed E-state index contributed by atoms with van der Waals surface area (Å²) < 4.78 is 22.8. The average Bonchev–Trinajstić information content (AvgIpc) is 3.06. The first-order valence-electron chi connectivity index (χ1n) is 7.85. The van der Waals surface area contributed by atoms with Crippen molar-refractivity contribution in [2.75, 3.05) is 16.8 Å². The van der Waals surface area contributed by atoms with Crippen molar-refractivity contribution in [2.24, 2.45) is 5.92 Å². The lowest BCUT2D eigenvalue weighted by molar-refractivity contribution is -0.116. The molecule has 0 aromatic carbocycles. The number of aromatic nitrogens is 2. The predicted octanol–water partition coefficient (Wildman–Crippen LogP) is 2.35. The quantitative estimate of drug-likeness (QED) is 0.906. The van der Waals surface area contributed by atoms with Crippen LogP contribution in [0.1, 0.15) is 55.9 Å². The maximum atomic E-state index is 12.0. The van der Waals surface area contributed by atoms with E-state index in [9.17, 15) is 13.2 Å². The number of hydrogen-bond donors (Lipinski definition) is 1. The van der Waals surface area contributed by atoms with Crippen molar-refractivity contribution in [3.05, 3.63) is 5.01 Å². The molecule has 0 unspecified atom stereocenters. The maximum absolute atomic E-state index is 12.0. The van der Waals surface area contributed by atoms with E-state index >= 15 is 0 Å². The maximum Gasteiger partial charge on any atom is 0.226 e. The summed E-state index contributed by atoms with van der Waals surface area (Å²) >= 11 is 1.45. The molecule has 1 aromatic heterocycles. The Bertz CT molecular complexity index is 636. The fourth-order valence-electron chi connectivity index (χ4n) is 3.27. The minimum absolute atomic E-state index is 0.0595. The van der Waals surface area contributed by atoms with E-state index < -0.39 is 9.84 Å². The van der Waals surface area contributed by atoms with Crippen LogP contribution in [0.3, 0.4) is 0 Å². The Morgan fingerprint density at radius 3 is 2.64 bits per heavy atom. The van der Waals surface area contributed by atoms with Gasteiger partial charge in [-0.05, 0) is 25.2 Å². The van der Waals surface area contributed by atoms with E-state index in [1.54, 1.807) is 0 Å². The van der Waals surface area contributed by atoms with E-state index in [1.165, 1.54) is 30.6 Å². The summed E-state index contributed by atoms with van der Waals surface area (Å²) in [7, 11) is -2.93. The molecule has 1 saturated heterocycles. The molecule has 1 amide bonds. The second-order valence-electron chi connectivity index (χ2n) is 6.30. The van der Waals surface area contributed by atoms with Gasteiger partial charge >= 0.3 is 0 Å². The third kappa shape index (κ3) is 4.04. The standard InChI is InChI=1S/C14H21N3O3S2/c18-12(8-10-6-7-22(19,20)9-10)15-14-17-16-13(21-14)11-4-2-1-3-5-11/h10-11H,1-9H2,(H,15,17,18)/t10-/m0/s1. The number of hydrogen-bond acceptors (Lipinski definition) is 6. The molecule has 1 atom stereocenters. The lowest BCUT2D eigenvalue weighted by Crippen LogP contribution is -2.17. The van der Waals surface area contributed by atoms with Gasteiger partial charge in [-0.1, -0.05) is 30.6 Å². The molecule has 6 nitrogen and oxygen atoms in total. The zero-order chi connectivity index (χ0) is 15.6. The van der Waals surface area contributed by atoms with E-state index in [0.717, 1.165) is 17.8 Å². The van der Waals surface area contributed by atoms with Gasteiger partial charge in [0.25, 0.3) is 0 Å². The highest BCUT2D eigenvalue weighted by atomic mass is 32.2. The molecule has 0 spiro atoms. The minimum atomic E-state index is -2.93. The van der Waals surface area contributed by atoms with Crippen LogP contribution in [0.5, 0.6) is 0 Å². The number of anilines is 1. The molecular weight excluding hydrogens is 322 g/mol. The summed E-state index contributed by atoms with van der Waals surface area (Å²) in [5.41, 5.74) is 0.